The third kappa shape index (κ3) is 1.89. The molecule has 0 N–H and O–H groups in total. The van der Waals surface area contributed by atoms with E-state index in [4.69, 9.17) is 4.74 Å². The Kier molecular flexibility index (Phi) is 2.51. The van der Waals surface area contributed by atoms with Gasteiger partial charge in [-0.2, -0.15) is 5.26 Å². The van der Waals surface area contributed by atoms with Crippen LogP contribution in [-0.2, 0) is 9.53 Å². The monoisotopic (exact) mass is 273 g/mol. The normalized spacial score (nSPS) is 48.7. The van der Waals surface area contributed by atoms with Crippen molar-refractivity contribution < 1.29 is 9.53 Å². The molecule has 4 aliphatic rings. The summed E-state index contributed by atoms with van der Waals surface area (Å²) in [6, 6.07) is 2.57. The second-order valence-electron chi connectivity index (χ2n) is 8.43. The molecule has 4 aliphatic carbocycles. The minimum Gasteiger partial charge on any atom is -0.456 e. The van der Waals surface area contributed by atoms with Crippen molar-refractivity contribution in [3.05, 3.63) is 12.2 Å². The van der Waals surface area contributed by atoms with Crippen LogP contribution in [0.1, 0.15) is 59.3 Å². The second kappa shape index (κ2) is 3.67. The lowest BCUT2D eigenvalue weighted by molar-refractivity contribution is -0.226. The van der Waals surface area contributed by atoms with Gasteiger partial charge < -0.3 is 4.74 Å². The van der Waals surface area contributed by atoms with Crippen LogP contribution >= 0.6 is 0 Å². The number of carbonyl (C=O) groups is 1. The first-order valence-electron chi connectivity index (χ1n) is 7.43. The quantitative estimate of drug-likeness (QED) is 0.568. The molecule has 20 heavy (non-hydrogen) atoms. The van der Waals surface area contributed by atoms with Crippen molar-refractivity contribution in [2.24, 2.45) is 16.2 Å². The fourth-order valence-corrected chi connectivity index (χ4v) is 6.10. The van der Waals surface area contributed by atoms with Gasteiger partial charge in [0.15, 0.2) is 0 Å². The average Bonchev–Trinajstić information content (AvgIpc) is 2.23. The standard InChI is InChI=1S/C17H23NO2/c1-12(2)13(19)20-17-8-14(3)5-15(4,9-17)7-16(6-14,10-17)11-18/h1,5-10H2,2-4H3. The Morgan fingerprint density at radius 1 is 1.10 bits per heavy atom. The van der Waals surface area contributed by atoms with Gasteiger partial charge in [0.1, 0.15) is 5.60 Å². The van der Waals surface area contributed by atoms with E-state index in [9.17, 15) is 10.1 Å². The molecule has 2 atom stereocenters. The van der Waals surface area contributed by atoms with Crippen molar-refractivity contribution in [2.75, 3.05) is 0 Å². The topological polar surface area (TPSA) is 50.1 Å². The molecule has 0 aliphatic heterocycles. The van der Waals surface area contributed by atoms with Crippen LogP contribution in [0.3, 0.4) is 0 Å². The van der Waals surface area contributed by atoms with E-state index in [0.717, 1.165) is 32.1 Å². The Labute approximate surface area is 121 Å². The summed E-state index contributed by atoms with van der Waals surface area (Å²) in [6.45, 7) is 9.90. The van der Waals surface area contributed by atoms with Crippen molar-refractivity contribution >= 4 is 5.97 Å². The summed E-state index contributed by atoms with van der Waals surface area (Å²) in [5.41, 5.74) is -0.0251. The van der Waals surface area contributed by atoms with Crippen LogP contribution in [0.5, 0.6) is 0 Å². The average molecular weight is 273 g/mol. The van der Waals surface area contributed by atoms with Crippen molar-refractivity contribution in [2.45, 2.75) is 64.9 Å². The predicted molar refractivity (Wildman–Crippen MR) is 75.6 cm³/mol. The zero-order chi connectivity index (χ0) is 14.8. The number of nitriles is 1. The lowest BCUT2D eigenvalue weighted by Crippen LogP contribution is -2.63. The largest absolute Gasteiger partial charge is 0.456 e. The Morgan fingerprint density at radius 2 is 1.65 bits per heavy atom. The minimum atomic E-state index is -0.440. The van der Waals surface area contributed by atoms with Gasteiger partial charge in [-0.05, 0) is 49.9 Å². The summed E-state index contributed by atoms with van der Waals surface area (Å²) in [4.78, 5) is 12.0. The van der Waals surface area contributed by atoms with E-state index in [0.29, 0.717) is 12.0 Å². The number of nitrogens with zero attached hydrogens (tertiary/aromatic N) is 1. The molecule has 4 saturated carbocycles. The van der Waals surface area contributed by atoms with Crippen LogP contribution in [0.15, 0.2) is 12.2 Å². The number of hydrogen-bond donors (Lipinski definition) is 0. The number of esters is 1. The summed E-state index contributed by atoms with van der Waals surface area (Å²) in [6.07, 6.45) is 5.57. The highest BCUT2D eigenvalue weighted by atomic mass is 16.6. The third-order valence-corrected chi connectivity index (χ3v) is 5.44. The fourth-order valence-electron chi connectivity index (χ4n) is 6.10. The van der Waals surface area contributed by atoms with Gasteiger partial charge >= 0.3 is 5.97 Å². The first-order chi connectivity index (χ1) is 9.13. The minimum absolute atomic E-state index is 0.134. The first kappa shape index (κ1) is 13.7. The lowest BCUT2D eigenvalue weighted by Gasteiger charge is -2.66. The van der Waals surface area contributed by atoms with Crippen LogP contribution in [0.25, 0.3) is 0 Å². The Bertz CT molecular complexity index is 524. The maximum atomic E-state index is 12.0. The van der Waals surface area contributed by atoms with Gasteiger partial charge in [0, 0.05) is 12.0 Å². The number of hydrogen-bond acceptors (Lipinski definition) is 3. The first-order valence-corrected chi connectivity index (χ1v) is 7.43. The molecule has 0 amide bonds. The van der Waals surface area contributed by atoms with Gasteiger partial charge in [-0.3, -0.25) is 0 Å². The summed E-state index contributed by atoms with van der Waals surface area (Å²) < 4.78 is 5.88. The number of rotatable bonds is 2. The molecule has 0 aromatic carbocycles. The van der Waals surface area contributed by atoms with E-state index >= 15 is 0 Å². The third-order valence-electron chi connectivity index (χ3n) is 5.44. The maximum absolute atomic E-state index is 12.0. The van der Waals surface area contributed by atoms with E-state index in [1.807, 2.05) is 0 Å². The van der Waals surface area contributed by atoms with E-state index in [1.165, 1.54) is 0 Å². The van der Waals surface area contributed by atoms with E-state index in [1.54, 1.807) is 6.92 Å². The Morgan fingerprint density at radius 3 is 2.10 bits per heavy atom. The zero-order valence-electron chi connectivity index (χ0n) is 12.7. The van der Waals surface area contributed by atoms with E-state index < -0.39 is 5.60 Å². The van der Waals surface area contributed by atoms with Crippen molar-refractivity contribution in [1.82, 2.24) is 0 Å². The second-order valence-corrected chi connectivity index (χ2v) is 8.43. The highest BCUT2D eigenvalue weighted by Gasteiger charge is 2.67. The molecule has 3 heteroatoms. The molecule has 0 saturated heterocycles. The summed E-state index contributed by atoms with van der Waals surface area (Å²) in [5, 5.41) is 9.71. The van der Waals surface area contributed by atoms with Crippen molar-refractivity contribution in [3.8, 4) is 6.07 Å². The van der Waals surface area contributed by atoms with Crippen molar-refractivity contribution in [3.63, 3.8) is 0 Å². The molecule has 2 unspecified atom stereocenters. The van der Waals surface area contributed by atoms with Crippen LogP contribution in [-0.4, -0.2) is 11.6 Å². The molecule has 0 spiro atoms. The van der Waals surface area contributed by atoms with Gasteiger partial charge in [0.2, 0.25) is 0 Å². The molecule has 108 valence electrons. The molecule has 4 bridgehead atoms. The highest BCUT2D eigenvalue weighted by Crippen LogP contribution is 2.71. The zero-order valence-corrected chi connectivity index (χ0v) is 12.7. The van der Waals surface area contributed by atoms with Crippen LogP contribution < -0.4 is 0 Å². The number of carbonyl (C=O) groups excluding carboxylic acids is 1. The summed E-state index contributed by atoms with van der Waals surface area (Å²) >= 11 is 0. The van der Waals surface area contributed by atoms with E-state index in [2.05, 4.69) is 26.5 Å². The van der Waals surface area contributed by atoms with E-state index in [-0.39, 0.29) is 22.2 Å². The summed E-state index contributed by atoms with van der Waals surface area (Å²) in [5.74, 6) is -0.299. The van der Waals surface area contributed by atoms with Gasteiger partial charge in [-0.1, -0.05) is 20.4 Å². The van der Waals surface area contributed by atoms with Gasteiger partial charge in [-0.25, -0.2) is 4.79 Å². The van der Waals surface area contributed by atoms with Gasteiger partial charge in [-0.15, -0.1) is 0 Å². The van der Waals surface area contributed by atoms with Crippen molar-refractivity contribution in [1.29, 1.82) is 5.26 Å². The fraction of sp³-hybridized carbons (Fsp3) is 0.765. The Hall–Kier alpha value is -1.30. The molecule has 0 radical (unpaired) electrons. The molecular weight excluding hydrogens is 250 g/mol. The van der Waals surface area contributed by atoms with Gasteiger partial charge in [0.05, 0.1) is 11.5 Å². The molecule has 0 aromatic heterocycles. The van der Waals surface area contributed by atoms with Crippen LogP contribution in [0.2, 0.25) is 0 Å². The predicted octanol–water partition coefficient (Wildman–Crippen LogP) is 3.75. The highest BCUT2D eigenvalue weighted by molar-refractivity contribution is 5.87. The smallest absolute Gasteiger partial charge is 0.333 e. The lowest BCUT2D eigenvalue weighted by atomic mass is 9.39. The van der Waals surface area contributed by atoms with Crippen LogP contribution in [0, 0.1) is 27.6 Å². The van der Waals surface area contributed by atoms with Crippen LogP contribution in [0.4, 0.5) is 0 Å². The Balaban J connectivity index is 1.99. The number of ether oxygens (including phenoxy) is 1. The molecule has 3 nitrogen and oxygen atoms in total. The SMILES string of the molecule is C=C(C)C(=O)OC12CC3(C)CC(C)(CC(C#N)(C3)C1)C2. The molecule has 0 aromatic rings. The molecule has 4 fully saturated rings. The molecule has 4 rings (SSSR count). The maximum Gasteiger partial charge on any atom is 0.333 e. The molecular formula is C17H23NO2. The van der Waals surface area contributed by atoms with Gasteiger partial charge in [0.25, 0.3) is 0 Å². The summed E-state index contributed by atoms with van der Waals surface area (Å²) in [7, 11) is 0. The molecule has 0 heterocycles.